The van der Waals surface area contributed by atoms with Crippen LogP contribution in [0.1, 0.15) is 48.3 Å². The molecule has 31 heavy (non-hydrogen) atoms. The molecule has 0 N–H and O–H groups in total. The van der Waals surface area contributed by atoms with Crippen LogP contribution >= 0.6 is 22.7 Å². The number of nitrogens with zero attached hydrogens (tertiary/aromatic N) is 2. The third kappa shape index (κ3) is 7.46. The second-order valence-electron chi connectivity index (χ2n) is 8.40. The fourth-order valence-electron chi connectivity index (χ4n) is 4.31. The molecule has 0 aromatic carbocycles. The van der Waals surface area contributed by atoms with E-state index in [2.05, 4.69) is 32.7 Å². The highest BCUT2D eigenvalue weighted by atomic mass is 32.1. The Labute approximate surface area is 194 Å². The van der Waals surface area contributed by atoms with Gasteiger partial charge in [-0.1, -0.05) is 12.8 Å². The normalized spacial score (nSPS) is 18.3. The molecule has 4 heterocycles. The average molecular weight is 465 g/mol. The van der Waals surface area contributed by atoms with E-state index in [4.69, 9.17) is 14.2 Å². The molecule has 2 aliphatic rings. The number of thiophene rings is 2. The number of rotatable bonds is 12. The highest BCUT2D eigenvalue weighted by Gasteiger charge is 2.15. The Morgan fingerprint density at radius 1 is 0.613 bits per heavy atom. The maximum absolute atomic E-state index is 5.99. The minimum atomic E-state index is 0.586. The van der Waals surface area contributed by atoms with Crippen LogP contribution in [-0.2, 0) is 17.8 Å². The third-order valence-corrected chi connectivity index (χ3v) is 7.79. The second-order valence-corrected chi connectivity index (χ2v) is 10.4. The lowest BCUT2D eigenvalue weighted by Gasteiger charge is -2.26. The molecule has 2 aromatic rings. The summed E-state index contributed by atoms with van der Waals surface area (Å²) in [6.07, 6.45) is 8.03. The van der Waals surface area contributed by atoms with Gasteiger partial charge in [-0.15, -0.1) is 22.7 Å². The molecule has 5 nitrogen and oxygen atoms in total. The van der Waals surface area contributed by atoms with Crippen LogP contribution < -0.4 is 9.47 Å². The van der Waals surface area contributed by atoms with Crippen LogP contribution in [0.15, 0.2) is 22.9 Å². The summed E-state index contributed by atoms with van der Waals surface area (Å²) in [5, 5.41) is 4.26. The predicted molar refractivity (Wildman–Crippen MR) is 129 cm³/mol. The number of ether oxygens (including phenoxy) is 3. The Morgan fingerprint density at radius 2 is 1.06 bits per heavy atom. The summed E-state index contributed by atoms with van der Waals surface area (Å²) in [5.41, 5.74) is 0. The fraction of sp³-hybridized carbons (Fsp3) is 0.667. The second kappa shape index (κ2) is 12.8. The summed E-state index contributed by atoms with van der Waals surface area (Å²) < 4.78 is 17.7. The van der Waals surface area contributed by atoms with Crippen molar-refractivity contribution in [3.63, 3.8) is 0 Å². The van der Waals surface area contributed by atoms with E-state index in [0.29, 0.717) is 26.4 Å². The molecule has 0 bridgehead atoms. The van der Waals surface area contributed by atoms with Crippen molar-refractivity contribution >= 4 is 22.7 Å². The lowest BCUT2D eigenvalue weighted by Crippen LogP contribution is -2.29. The van der Waals surface area contributed by atoms with Gasteiger partial charge in [0, 0.05) is 13.1 Å². The number of likely N-dealkylation sites (tertiary alicyclic amines) is 2. The fourth-order valence-corrected chi connectivity index (χ4v) is 6.02. The summed E-state index contributed by atoms with van der Waals surface area (Å²) in [6.45, 7) is 9.23. The minimum absolute atomic E-state index is 0.586. The van der Waals surface area contributed by atoms with Crippen LogP contribution in [0, 0.1) is 0 Å². The molecule has 2 aromatic heterocycles. The molecule has 0 spiro atoms. The van der Waals surface area contributed by atoms with Crippen molar-refractivity contribution in [2.24, 2.45) is 0 Å². The topological polar surface area (TPSA) is 34.2 Å². The first-order chi connectivity index (χ1) is 15.4. The van der Waals surface area contributed by atoms with Gasteiger partial charge in [0.05, 0.1) is 23.0 Å². The van der Waals surface area contributed by atoms with Crippen LogP contribution in [0.25, 0.3) is 0 Å². The van der Waals surface area contributed by atoms with Crippen molar-refractivity contribution in [1.82, 2.24) is 9.80 Å². The summed E-state index contributed by atoms with van der Waals surface area (Å²) in [6, 6.07) is 4.18. The number of hydrogen-bond donors (Lipinski definition) is 0. The summed E-state index contributed by atoms with van der Waals surface area (Å²) in [7, 11) is 0. The third-order valence-electron chi connectivity index (χ3n) is 6.01. The van der Waals surface area contributed by atoms with E-state index in [-0.39, 0.29) is 0 Å². The Bertz CT molecular complexity index is 689. The van der Waals surface area contributed by atoms with Crippen molar-refractivity contribution < 1.29 is 14.2 Å². The molecule has 172 valence electrons. The molecular weight excluding hydrogens is 428 g/mol. The van der Waals surface area contributed by atoms with Gasteiger partial charge in [-0.2, -0.15) is 0 Å². The lowest BCUT2D eigenvalue weighted by atomic mass is 10.1. The Morgan fingerprint density at radius 3 is 1.52 bits per heavy atom. The van der Waals surface area contributed by atoms with E-state index in [1.54, 1.807) is 22.7 Å². The highest BCUT2D eigenvalue weighted by Crippen LogP contribution is 2.28. The summed E-state index contributed by atoms with van der Waals surface area (Å²) >= 11 is 3.59. The smallest absolute Gasteiger partial charge is 0.134 e. The zero-order valence-electron chi connectivity index (χ0n) is 18.6. The zero-order valence-corrected chi connectivity index (χ0v) is 20.2. The van der Waals surface area contributed by atoms with E-state index < -0.39 is 0 Å². The monoisotopic (exact) mass is 464 g/mol. The van der Waals surface area contributed by atoms with Gasteiger partial charge in [0.15, 0.2) is 0 Å². The van der Waals surface area contributed by atoms with Crippen LogP contribution in [-0.4, -0.2) is 62.4 Å². The Balaban J connectivity index is 1.09. The first-order valence-electron chi connectivity index (χ1n) is 11.8. The molecular formula is C24H36N2O3S2. The maximum atomic E-state index is 5.99. The molecule has 7 heteroatoms. The van der Waals surface area contributed by atoms with Gasteiger partial charge in [-0.25, -0.2) is 0 Å². The van der Waals surface area contributed by atoms with Gasteiger partial charge < -0.3 is 14.2 Å². The number of piperidine rings is 2. The van der Waals surface area contributed by atoms with Gasteiger partial charge in [-0.3, -0.25) is 9.80 Å². The molecule has 0 unspecified atom stereocenters. The molecule has 0 radical (unpaired) electrons. The van der Waals surface area contributed by atoms with Crippen molar-refractivity contribution in [3.05, 3.63) is 32.6 Å². The van der Waals surface area contributed by atoms with Gasteiger partial charge >= 0.3 is 0 Å². The van der Waals surface area contributed by atoms with Crippen LogP contribution in [0.5, 0.6) is 11.5 Å². The highest BCUT2D eigenvalue weighted by molar-refractivity contribution is 7.10. The van der Waals surface area contributed by atoms with Gasteiger partial charge in [0.25, 0.3) is 0 Å². The van der Waals surface area contributed by atoms with Gasteiger partial charge in [-0.05, 0) is 74.8 Å². The molecule has 2 fully saturated rings. The molecule has 0 amide bonds. The zero-order chi connectivity index (χ0) is 21.1. The maximum Gasteiger partial charge on any atom is 0.134 e. The van der Waals surface area contributed by atoms with Crippen molar-refractivity contribution in [2.45, 2.75) is 51.6 Å². The largest absolute Gasteiger partial charge is 0.490 e. The molecule has 0 atom stereocenters. The molecule has 0 aliphatic carbocycles. The molecule has 0 saturated carbocycles. The SMILES string of the molecule is c1cc(OCCOCCOc2ccsc2CN2CCCCC2)c(CN2CCCCC2)s1. The summed E-state index contributed by atoms with van der Waals surface area (Å²) in [5.74, 6) is 2.05. The van der Waals surface area contributed by atoms with Gasteiger partial charge in [0.2, 0.25) is 0 Å². The van der Waals surface area contributed by atoms with E-state index in [0.717, 1.165) is 24.6 Å². The Hall–Kier alpha value is -1.12. The number of hydrogen-bond acceptors (Lipinski definition) is 7. The predicted octanol–water partition coefficient (Wildman–Crippen LogP) is 5.26. The average Bonchev–Trinajstić information content (AvgIpc) is 3.44. The standard InChI is InChI=1S/C24H36N2O3S2/c1-3-9-25(10-4-1)19-23-21(7-17-30-23)28-15-13-27-14-16-29-22-8-18-31-24(22)20-26-11-5-2-6-12-26/h7-8,17-18H,1-6,9-16,19-20H2. The van der Waals surface area contributed by atoms with Crippen molar-refractivity contribution in [1.29, 1.82) is 0 Å². The summed E-state index contributed by atoms with van der Waals surface area (Å²) in [4.78, 5) is 7.76. The van der Waals surface area contributed by atoms with Crippen LogP contribution in [0.4, 0.5) is 0 Å². The molecule has 4 rings (SSSR count). The van der Waals surface area contributed by atoms with E-state index >= 15 is 0 Å². The van der Waals surface area contributed by atoms with E-state index in [9.17, 15) is 0 Å². The van der Waals surface area contributed by atoms with E-state index in [1.165, 1.54) is 74.5 Å². The first-order valence-corrected chi connectivity index (χ1v) is 13.6. The minimum Gasteiger partial charge on any atom is -0.490 e. The van der Waals surface area contributed by atoms with Gasteiger partial charge in [0.1, 0.15) is 24.7 Å². The molecule has 2 aliphatic heterocycles. The van der Waals surface area contributed by atoms with Crippen molar-refractivity contribution in [3.8, 4) is 11.5 Å². The lowest BCUT2D eigenvalue weighted by molar-refractivity contribution is 0.0757. The van der Waals surface area contributed by atoms with Crippen molar-refractivity contribution in [2.75, 3.05) is 52.6 Å². The van der Waals surface area contributed by atoms with E-state index in [1.807, 2.05) is 0 Å². The van der Waals surface area contributed by atoms with Crippen LogP contribution in [0.2, 0.25) is 0 Å². The Kier molecular flexibility index (Phi) is 9.52. The first kappa shape index (κ1) is 23.1. The molecule has 2 saturated heterocycles. The quantitative estimate of drug-likeness (QED) is 0.401. The van der Waals surface area contributed by atoms with Crippen LogP contribution in [0.3, 0.4) is 0 Å².